The minimum atomic E-state index is -0.338. The van der Waals surface area contributed by atoms with Crippen molar-refractivity contribution >= 4 is 11.7 Å². The van der Waals surface area contributed by atoms with Gasteiger partial charge in [-0.05, 0) is 29.8 Å². The van der Waals surface area contributed by atoms with Crippen LogP contribution < -0.4 is 9.64 Å². The Balaban J connectivity index is 1.97. The van der Waals surface area contributed by atoms with Gasteiger partial charge in [-0.15, -0.1) is 0 Å². The van der Waals surface area contributed by atoms with Crippen LogP contribution in [0.25, 0.3) is 0 Å². The number of anilines is 1. The molecule has 0 spiro atoms. The predicted octanol–water partition coefficient (Wildman–Crippen LogP) is 3.02. The van der Waals surface area contributed by atoms with Crippen LogP contribution in [0.2, 0.25) is 0 Å². The number of methoxy groups -OCH3 is 1. The Morgan fingerprint density at radius 1 is 1.10 bits per heavy atom. The fraction of sp³-hybridized carbons (Fsp3) is 0.235. The first-order valence-corrected chi connectivity index (χ1v) is 6.76. The van der Waals surface area contributed by atoms with E-state index >= 15 is 0 Å². The molecule has 1 unspecified atom stereocenters. The molecule has 4 heteroatoms. The smallest absolute Gasteiger partial charge is 0.339 e. The Hall–Kier alpha value is -2.49. The maximum absolute atomic E-state index is 12.0. The average molecular weight is 283 g/mol. The van der Waals surface area contributed by atoms with E-state index in [1.54, 1.807) is 13.2 Å². The number of nitrogens with zero attached hydrogens (tertiary/aromatic N) is 1. The van der Waals surface area contributed by atoms with E-state index in [0.29, 0.717) is 11.3 Å². The maximum atomic E-state index is 12.0. The van der Waals surface area contributed by atoms with Gasteiger partial charge in [0.1, 0.15) is 5.75 Å². The number of rotatable bonds is 3. The number of esters is 1. The van der Waals surface area contributed by atoms with Crippen LogP contribution in [0.3, 0.4) is 0 Å². The first kappa shape index (κ1) is 13.5. The van der Waals surface area contributed by atoms with Crippen LogP contribution in [0, 0.1) is 0 Å². The normalized spacial score (nSPS) is 16.3. The summed E-state index contributed by atoms with van der Waals surface area (Å²) in [5.74, 6) is 0.361. The zero-order valence-corrected chi connectivity index (χ0v) is 12.3. The third-order valence-electron chi connectivity index (χ3n) is 3.70. The molecule has 1 atom stereocenters. The van der Waals surface area contributed by atoms with E-state index in [9.17, 15) is 4.79 Å². The molecule has 2 aromatic carbocycles. The lowest BCUT2D eigenvalue weighted by Gasteiger charge is -2.15. The zero-order chi connectivity index (χ0) is 15.0. The second-order valence-electron chi connectivity index (χ2n) is 5.22. The maximum Gasteiger partial charge on any atom is 0.339 e. The first-order valence-electron chi connectivity index (χ1n) is 6.76. The molecule has 21 heavy (non-hydrogen) atoms. The van der Waals surface area contributed by atoms with Gasteiger partial charge in [0.2, 0.25) is 0 Å². The summed E-state index contributed by atoms with van der Waals surface area (Å²) in [6.45, 7) is 0. The highest BCUT2D eigenvalue weighted by Crippen LogP contribution is 2.37. The number of hydrogen-bond donors (Lipinski definition) is 0. The molecule has 0 saturated carbocycles. The van der Waals surface area contributed by atoms with Gasteiger partial charge in [-0.2, -0.15) is 0 Å². The Morgan fingerprint density at radius 2 is 1.81 bits per heavy atom. The van der Waals surface area contributed by atoms with Gasteiger partial charge >= 0.3 is 5.97 Å². The number of carbonyl (C=O) groups excluding carboxylic acids is 1. The lowest BCUT2D eigenvalue weighted by atomic mass is 9.99. The largest absolute Gasteiger partial charge is 0.497 e. The van der Waals surface area contributed by atoms with E-state index in [2.05, 4.69) is 0 Å². The summed E-state index contributed by atoms with van der Waals surface area (Å²) in [6, 6.07) is 13.5. The molecular formula is C17H17NO3. The van der Waals surface area contributed by atoms with Gasteiger partial charge in [-0.1, -0.05) is 18.2 Å². The number of benzene rings is 2. The summed E-state index contributed by atoms with van der Waals surface area (Å²) in [7, 11) is 5.57. The van der Waals surface area contributed by atoms with Gasteiger partial charge in [0.05, 0.1) is 12.7 Å². The van der Waals surface area contributed by atoms with Gasteiger partial charge in [0.25, 0.3) is 0 Å². The number of cyclic esters (lactones) is 1. The number of carbonyl (C=O) groups is 1. The first-order chi connectivity index (χ1) is 10.1. The summed E-state index contributed by atoms with van der Waals surface area (Å²) in [4.78, 5) is 14.0. The van der Waals surface area contributed by atoms with Crippen molar-refractivity contribution in [3.05, 3.63) is 59.2 Å². The van der Waals surface area contributed by atoms with Crippen LogP contribution in [0.15, 0.2) is 42.5 Å². The van der Waals surface area contributed by atoms with Crippen molar-refractivity contribution in [1.29, 1.82) is 0 Å². The predicted molar refractivity (Wildman–Crippen MR) is 81.0 cm³/mol. The molecule has 0 fully saturated rings. The molecule has 3 rings (SSSR count). The SMILES string of the molecule is COc1ccc2c(c1)C(=O)OC2c1ccc(N(C)C)cc1. The Labute approximate surface area is 123 Å². The number of fused-ring (bicyclic) bond motifs is 1. The fourth-order valence-corrected chi connectivity index (χ4v) is 2.50. The van der Waals surface area contributed by atoms with Crippen LogP contribution in [0.4, 0.5) is 5.69 Å². The van der Waals surface area contributed by atoms with Crippen LogP contribution in [-0.2, 0) is 4.74 Å². The van der Waals surface area contributed by atoms with Crippen molar-refractivity contribution in [3.63, 3.8) is 0 Å². The minimum Gasteiger partial charge on any atom is -0.497 e. The molecular weight excluding hydrogens is 266 g/mol. The van der Waals surface area contributed by atoms with Gasteiger partial charge < -0.3 is 14.4 Å². The summed E-state index contributed by atoms with van der Waals surface area (Å²) in [5, 5.41) is 0. The molecule has 1 heterocycles. The van der Waals surface area contributed by atoms with Crippen molar-refractivity contribution < 1.29 is 14.3 Å². The van der Waals surface area contributed by atoms with Gasteiger partial charge in [0.15, 0.2) is 6.10 Å². The van der Waals surface area contributed by atoms with E-state index in [0.717, 1.165) is 16.8 Å². The molecule has 0 amide bonds. The second-order valence-corrected chi connectivity index (χ2v) is 5.22. The zero-order valence-electron chi connectivity index (χ0n) is 12.3. The third kappa shape index (κ3) is 2.33. The van der Waals surface area contributed by atoms with Crippen LogP contribution in [0.5, 0.6) is 5.75 Å². The Bertz CT molecular complexity index is 677. The highest BCUT2D eigenvalue weighted by Gasteiger charge is 2.32. The summed E-state index contributed by atoms with van der Waals surface area (Å²) in [5.41, 5.74) is 3.55. The second kappa shape index (κ2) is 5.13. The lowest BCUT2D eigenvalue weighted by Crippen LogP contribution is -2.08. The molecule has 108 valence electrons. The molecule has 0 saturated heterocycles. The number of ether oxygens (including phenoxy) is 2. The fourth-order valence-electron chi connectivity index (χ4n) is 2.50. The van der Waals surface area contributed by atoms with Crippen molar-refractivity contribution in [2.75, 3.05) is 26.1 Å². The van der Waals surface area contributed by atoms with Crippen LogP contribution in [0.1, 0.15) is 27.6 Å². The molecule has 1 aliphatic rings. The van der Waals surface area contributed by atoms with E-state index < -0.39 is 0 Å². The topological polar surface area (TPSA) is 38.8 Å². The average Bonchev–Trinajstić information content (AvgIpc) is 2.84. The van der Waals surface area contributed by atoms with E-state index in [4.69, 9.17) is 9.47 Å². The quantitative estimate of drug-likeness (QED) is 0.812. The van der Waals surface area contributed by atoms with Crippen LogP contribution in [-0.4, -0.2) is 27.2 Å². The Morgan fingerprint density at radius 3 is 2.43 bits per heavy atom. The summed E-state index contributed by atoms with van der Waals surface area (Å²) >= 11 is 0. The highest BCUT2D eigenvalue weighted by atomic mass is 16.5. The van der Waals surface area contributed by atoms with Crippen molar-refractivity contribution in [2.24, 2.45) is 0 Å². The van der Waals surface area contributed by atoms with Crippen molar-refractivity contribution in [3.8, 4) is 5.75 Å². The summed E-state index contributed by atoms with van der Waals surface area (Å²) in [6.07, 6.45) is -0.338. The molecule has 0 bridgehead atoms. The Kier molecular flexibility index (Phi) is 3.29. The molecule has 1 aliphatic heterocycles. The molecule has 0 aliphatic carbocycles. The van der Waals surface area contributed by atoms with Crippen LogP contribution >= 0.6 is 0 Å². The van der Waals surface area contributed by atoms with Crippen molar-refractivity contribution in [1.82, 2.24) is 0 Å². The van der Waals surface area contributed by atoms with E-state index in [1.807, 2.05) is 55.4 Å². The highest BCUT2D eigenvalue weighted by molar-refractivity contribution is 5.95. The number of hydrogen-bond acceptors (Lipinski definition) is 4. The molecule has 2 aromatic rings. The van der Waals surface area contributed by atoms with Crippen molar-refractivity contribution in [2.45, 2.75) is 6.10 Å². The standard InChI is InChI=1S/C17H17NO3/c1-18(2)12-6-4-11(5-7-12)16-14-9-8-13(20-3)10-15(14)17(19)21-16/h4-10,16H,1-3H3. The molecule has 0 aromatic heterocycles. The minimum absolute atomic E-state index is 0.300. The van der Waals surface area contributed by atoms with Gasteiger partial charge in [-0.3, -0.25) is 0 Å². The molecule has 4 nitrogen and oxygen atoms in total. The third-order valence-corrected chi connectivity index (χ3v) is 3.70. The van der Waals surface area contributed by atoms with Gasteiger partial charge in [0, 0.05) is 25.3 Å². The van der Waals surface area contributed by atoms with E-state index in [1.165, 1.54) is 0 Å². The molecule has 0 N–H and O–H groups in total. The van der Waals surface area contributed by atoms with Gasteiger partial charge in [-0.25, -0.2) is 4.79 Å². The molecule has 0 radical (unpaired) electrons. The summed E-state index contributed by atoms with van der Waals surface area (Å²) < 4.78 is 10.7. The lowest BCUT2D eigenvalue weighted by molar-refractivity contribution is 0.0455. The van der Waals surface area contributed by atoms with E-state index in [-0.39, 0.29) is 12.1 Å². The monoisotopic (exact) mass is 283 g/mol.